The second-order valence-electron chi connectivity index (χ2n) is 6.54. The monoisotopic (exact) mass is 458 g/mol. The number of anilines is 2. The van der Waals surface area contributed by atoms with E-state index < -0.39 is 15.9 Å². The summed E-state index contributed by atoms with van der Waals surface area (Å²) in [7, 11) is -0.846. The number of hydrogen-bond acceptors (Lipinski definition) is 8. The van der Waals surface area contributed by atoms with Crippen LogP contribution < -0.4 is 24.2 Å². The molecule has 168 valence electrons. The van der Waals surface area contributed by atoms with E-state index in [1.54, 1.807) is 31.2 Å². The molecular weight excluding hydrogens is 436 g/mol. The molecule has 32 heavy (non-hydrogen) atoms. The van der Waals surface area contributed by atoms with Crippen LogP contribution in [0.25, 0.3) is 0 Å². The molecule has 0 saturated heterocycles. The molecule has 0 bridgehead atoms. The molecule has 0 aliphatic carbocycles. The van der Waals surface area contributed by atoms with Crippen molar-refractivity contribution in [3.63, 3.8) is 0 Å². The molecule has 3 aromatic rings. The Hall–Kier alpha value is -3.86. The summed E-state index contributed by atoms with van der Waals surface area (Å²) in [4.78, 5) is 20.1. The summed E-state index contributed by atoms with van der Waals surface area (Å²) in [6.45, 7) is 1.47. The normalized spacial score (nSPS) is 10.8. The fourth-order valence-corrected chi connectivity index (χ4v) is 3.56. The predicted molar refractivity (Wildman–Crippen MR) is 118 cm³/mol. The van der Waals surface area contributed by atoms with Crippen LogP contribution in [0.1, 0.15) is 5.69 Å². The van der Waals surface area contributed by atoms with Gasteiger partial charge in [0, 0.05) is 35.8 Å². The fraction of sp³-hybridized carbons (Fsp3) is 0.190. The topological polar surface area (TPSA) is 129 Å². The summed E-state index contributed by atoms with van der Waals surface area (Å²) in [6, 6.07) is 12.3. The van der Waals surface area contributed by atoms with E-state index in [2.05, 4.69) is 20.0 Å². The number of nitrogens with one attached hydrogen (secondary N) is 2. The SMILES string of the molecule is COc1cc(OC)cc(OCC(=O)Nc2ccc(S(=O)(=O)Nc3nccc(C)n3)cc2)c1. The molecule has 0 unspecified atom stereocenters. The predicted octanol–water partition coefficient (Wildman–Crippen LogP) is 2.62. The first-order valence-electron chi connectivity index (χ1n) is 9.37. The Morgan fingerprint density at radius 1 is 0.969 bits per heavy atom. The number of rotatable bonds is 9. The molecule has 1 heterocycles. The third-order valence-electron chi connectivity index (χ3n) is 4.16. The molecule has 10 nitrogen and oxygen atoms in total. The lowest BCUT2D eigenvalue weighted by Gasteiger charge is -2.11. The van der Waals surface area contributed by atoms with Gasteiger partial charge in [-0.25, -0.2) is 23.1 Å². The highest BCUT2D eigenvalue weighted by atomic mass is 32.2. The van der Waals surface area contributed by atoms with E-state index in [9.17, 15) is 13.2 Å². The molecule has 0 radical (unpaired) electrons. The first-order valence-corrected chi connectivity index (χ1v) is 10.9. The third-order valence-corrected chi connectivity index (χ3v) is 5.51. The van der Waals surface area contributed by atoms with Gasteiger partial charge in [0.1, 0.15) is 17.2 Å². The highest BCUT2D eigenvalue weighted by Gasteiger charge is 2.16. The molecule has 0 aliphatic rings. The summed E-state index contributed by atoms with van der Waals surface area (Å²) in [6.07, 6.45) is 1.46. The number of aromatic nitrogens is 2. The Balaban J connectivity index is 1.60. The number of methoxy groups -OCH3 is 2. The third kappa shape index (κ3) is 6.08. The average Bonchev–Trinajstić information content (AvgIpc) is 2.77. The van der Waals surface area contributed by atoms with Crippen molar-refractivity contribution in [3.05, 3.63) is 60.4 Å². The van der Waals surface area contributed by atoms with Crippen LogP contribution >= 0.6 is 0 Å². The van der Waals surface area contributed by atoms with E-state index in [1.807, 2.05) is 0 Å². The van der Waals surface area contributed by atoms with Gasteiger partial charge in [0.25, 0.3) is 15.9 Å². The Labute approximate surface area is 185 Å². The van der Waals surface area contributed by atoms with Gasteiger partial charge in [0.2, 0.25) is 5.95 Å². The van der Waals surface area contributed by atoms with Crippen molar-refractivity contribution < 1.29 is 27.4 Å². The maximum Gasteiger partial charge on any atom is 0.264 e. The molecule has 2 aromatic carbocycles. The van der Waals surface area contributed by atoms with Crippen molar-refractivity contribution >= 4 is 27.6 Å². The zero-order chi connectivity index (χ0) is 23.1. The number of hydrogen-bond donors (Lipinski definition) is 2. The van der Waals surface area contributed by atoms with E-state index in [-0.39, 0.29) is 17.5 Å². The van der Waals surface area contributed by atoms with Gasteiger partial charge in [-0.1, -0.05) is 0 Å². The first kappa shape index (κ1) is 22.8. The average molecular weight is 458 g/mol. The maximum absolute atomic E-state index is 12.5. The number of benzene rings is 2. The summed E-state index contributed by atoms with van der Waals surface area (Å²) in [5, 5.41) is 2.64. The number of carbonyl (C=O) groups excluding carboxylic acids is 1. The van der Waals surface area contributed by atoms with Crippen molar-refractivity contribution in [3.8, 4) is 17.2 Å². The molecule has 1 amide bonds. The smallest absolute Gasteiger partial charge is 0.264 e. The highest BCUT2D eigenvalue weighted by Crippen LogP contribution is 2.27. The van der Waals surface area contributed by atoms with Gasteiger partial charge in [0.05, 0.1) is 19.1 Å². The van der Waals surface area contributed by atoms with Gasteiger partial charge >= 0.3 is 0 Å². The Bertz CT molecular complexity index is 1180. The van der Waals surface area contributed by atoms with Gasteiger partial charge in [-0.2, -0.15) is 0 Å². The van der Waals surface area contributed by atoms with Crippen LogP contribution in [0, 0.1) is 6.92 Å². The zero-order valence-electron chi connectivity index (χ0n) is 17.7. The second kappa shape index (κ2) is 9.96. The number of aryl methyl sites for hydroxylation is 1. The molecule has 1 aromatic heterocycles. The molecule has 0 spiro atoms. The van der Waals surface area contributed by atoms with Crippen molar-refractivity contribution in [2.75, 3.05) is 30.9 Å². The molecular formula is C21H22N4O6S. The van der Waals surface area contributed by atoms with Crippen LogP contribution in [0.4, 0.5) is 11.6 Å². The molecule has 0 saturated carbocycles. The van der Waals surface area contributed by atoms with E-state index in [4.69, 9.17) is 14.2 Å². The van der Waals surface area contributed by atoms with Gasteiger partial charge < -0.3 is 19.5 Å². The lowest BCUT2D eigenvalue weighted by Crippen LogP contribution is -2.20. The molecule has 0 atom stereocenters. The number of sulfonamides is 1. The maximum atomic E-state index is 12.5. The molecule has 2 N–H and O–H groups in total. The summed E-state index contributed by atoms with van der Waals surface area (Å²) in [5.41, 5.74) is 1.04. The van der Waals surface area contributed by atoms with Crippen molar-refractivity contribution in [2.24, 2.45) is 0 Å². The van der Waals surface area contributed by atoms with Gasteiger partial charge in [-0.15, -0.1) is 0 Å². The van der Waals surface area contributed by atoms with Gasteiger partial charge in [-0.3, -0.25) is 4.79 Å². The van der Waals surface area contributed by atoms with Crippen LogP contribution in [-0.4, -0.2) is 45.1 Å². The number of carbonyl (C=O) groups is 1. The Kier molecular flexibility index (Phi) is 7.11. The molecule has 0 aliphatic heterocycles. The minimum Gasteiger partial charge on any atom is -0.496 e. The zero-order valence-corrected chi connectivity index (χ0v) is 18.5. The Morgan fingerprint density at radius 3 is 2.19 bits per heavy atom. The summed E-state index contributed by atoms with van der Waals surface area (Å²) < 4.78 is 43.1. The van der Waals surface area contributed by atoms with Crippen LogP contribution in [0.5, 0.6) is 17.2 Å². The lowest BCUT2D eigenvalue weighted by molar-refractivity contribution is -0.118. The van der Waals surface area contributed by atoms with Crippen LogP contribution in [0.3, 0.4) is 0 Å². The largest absolute Gasteiger partial charge is 0.496 e. The first-order chi connectivity index (χ1) is 15.3. The summed E-state index contributed by atoms with van der Waals surface area (Å²) in [5.74, 6) is 1.02. The van der Waals surface area contributed by atoms with E-state index in [1.165, 1.54) is 44.7 Å². The van der Waals surface area contributed by atoms with Crippen LogP contribution in [-0.2, 0) is 14.8 Å². The van der Waals surface area contributed by atoms with Crippen LogP contribution in [0.15, 0.2) is 59.6 Å². The standard InChI is InChI=1S/C21H22N4O6S/c1-14-8-9-22-21(23-14)25-32(27,28)19-6-4-15(5-7-19)24-20(26)13-31-18-11-16(29-2)10-17(12-18)30-3/h4-12H,13H2,1-3H3,(H,24,26)(H,22,23,25). The fourth-order valence-electron chi connectivity index (χ4n) is 2.61. The number of nitrogens with zero attached hydrogens (tertiary/aromatic N) is 2. The molecule has 0 fully saturated rings. The Morgan fingerprint density at radius 2 is 1.59 bits per heavy atom. The van der Waals surface area contributed by atoms with Gasteiger partial charge in [0.15, 0.2) is 6.61 Å². The number of amides is 1. The van der Waals surface area contributed by atoms with E-state index in [0.717, 1.165) is 0 Å². The van der Waals surface area contributed by atoms with E-state index >= 15 is 0 Å². The summed E-state index contributed by atoms with van der Waals surface area (Å²) >= 11 is 0. The van der Waals surface area contributed by atoms with Crippen LogP contribution in [0.2, 0.25) is 0 Å². The minimum atomic E-state index is -3.87. The minimum absolute atomic E-state index is 0.000306. The van der Waals surface area contributed by atoms with Crippen molar-refractivity contribution in [1.82, 2.24) is 9.97 Å². The van der Waals surface area contributed by atoms with Crippen molar-refractivity contribution in [2.45, 2.75) is 11.8 Å². The molecule has 3 rings (SSSR count). The van der Waals surface area contributed by atoms with E-state index in [0.29, 0.717) is 28.6 Å². The number of ether oxygens (including phenoxy) is 3. The van der Waals surface area contributed by atoms with Gasteiger partial charge in [-0.05, 0) is 37.3 Å². The quantitative estimate of drug-likeness (QED) is 0.501. The second-order valence-corrected chi connectivity index (χ2v) is 8.22. The molecule has 11 heteroatoms. The lowest BCUT2D eigenvalue weighted by atomic mass is 10.3. The highest BCUT2D eigenvalue weighted by molar-refractivity contribution is 7.92. The van der Waals surface area contributed by atoms with Crippen molar-refractivity contribution in [1.29, 1.82) is 0 Å².